The highest BCUT2D eigenvalue weighted by molar-refractivity contribution is 7.89. The quantitative estimate of drug-likeness (QED) is 0.549. The summed E-state index contributed by atoms with van der Waals surface area (Å²) in [7, 11) is 0.225. The lowest BCUT2D eigenvalue weighted by atomic mass is 10.1. The molecule has 0 aliphatic heterocycles. The average molecular weight is 395 g/mol. The van der Waals surface area contributed by atoms with Gasteiger partial charge in [-0.3, -0.25) is 0 Å². The van der Waals surface area contributed by atoms with Crippen LogP contribution in [-0.4, -0.2) is 66.3 Å². The average Bonchev–Trinajstić information content (AvgIpc) is 2.65. The molecule has 0 unspecified atom stereocenters. The molecule has 0 radical (unpaired) electrons. The lowest BCUT2D eigenvalue weighted by molar-refractivity contribution is 0.110. The van der Waals surface area contributed by atoms with Gasteiger partial charge in [-0.05, 0) is 26.0 Å². The van der Waals surface area contributed by atoms with Gasteiger partial charge >= 0.3 is 0 Å². The van der Waals surface area contributed by atoms with Gasteiger partial charge in [0.05, 0.1) is 18.1 Å². The Morgan fingerprint density at radius 3 is 1.96 bits per heavy atom. The van der Waals surface area contributed by atoms with Crippen LogP contribution < -0.4 is 4.90 Å². The molecule has 0 bridgehead atoms. The van der Waals surface area contributed by atoms with Gasteiger partial charge in [0.1, 0.15) is 0 Å². The summed E-state index contributed by atoms with van der Waals surface area (Å²) < 4.78 is 39.1. The lowest BCUT2D eigenvalue weighted by Gasteiger charge is -2.23. The molecule has 0 aliphatic rings. The fourth-order valence-electron chi connectivity index (χ4n) is 2.99. The molecule has 0 heterocycles. The molecule has 0 amide bonds. The molecule has 0 aromatic heterocycles. The van der Waals surface area contributed by atoms with Crippen molar-refractivity contribution in [1.29, 1.82) is 0 Å². The summed E-state index contributed by atoms with van der Waals surface area (Å²) in [4.78, 5) is 2.30. The van der Waals surface area contributed by atoms with Gasteiger partial charge in [-0.1, -0.05) is 24.3 Å². The van der Waals surface area contributed by atoms with E-state index < -0.39 is 10.0 Å². The van der Waals surface area contributed by atoms with Crippen molar-refractivity contribution in [1.82, 2.24) is 4.31 Å². The number of rotatable bonds is 11. The van der Waals surface area contributed by atoms with Crippen LogP contribution in [0.1, 0.15) is 13.8 Å². The number of hydrogen-bond acceptors (Lipinski definition) is 5. The van der Waals surface area contributed by atoms with Crippen molar-refractivity contribution in [2.75, 3.05) is 58.5 Å². The van der Waals surface area contributed by atoms with Gasteiger partial charge in [0.2, 0.25) is 10.0 Å². The minimum atomic E-state index is -3.68. The molecule has 0 aliphatic carbocycles. The minimum Gasteiger partial charge on any atom is -0.380 e. The van der Waals surface area contributed by atoms with Crippen LogP contribution in [0, 0.1) is 0 Å². The normalized spacial score (nSPS) is 12.0. The Labute approximate surface area is 162 Å². The van der Waals surface area contributed by atoms with Crippen molar-refractivity contribution in [3.63, 3.8) is 0 Å². The van der Waals surface area contributed by atoms with E-state index in [9.17, 15) is 8.42 Å². The molecule has 0 N–H and O–H groups in total. The Bertz CT molecular complexity index is 827. The number of anilines is 1. The minimum absolute atomic E-state index is 0.299. The number of fused-ring (bicyclic) bond motifs is 1. The lowest BCUT2D eigenvalue weighted by Crippen LogP contribution is -2.36. The molecule has 2 aromatic carbocycles. The maximum Gasteiger partial charge on any atom is 0.243 e. The molecule has 2 rings (SSSR count). The smallest absolute Gasteiger partial charge is 0.243 e. The second kappa shape index (κ2) is 10.0. The Morgan fingerprint density at radius 1 is 0.852 bits per heavy atom. The first-order valence-corrected chi connectivity index (χ1v) is 10.7. The second-order valence-electron chi connectivity index (χ2n) is 6.32. The predicted molar refractivity (Wildman–Crippen MR) is 110 cm³/mol. The van der Waals surface area contributed by atoms with E-state index in [0.29, 0.717) is 44.4 Å². The highest BCUT2D eigenvalue weighted by Gasteiger charge is 2.26. The SMILES string of the molecule is CCOCCN(CCOCC)S(=O)(=O)c1cccc2c(N(C)C)cccc12. The maximum atomic E-state index is 13.4. The molecule has 150 valence electrons. The van der Waals surface area contributed by atoms with Crippen molar-refractivity contribution in [2.24, 2.45) is 0 Å². The predicted octanol–water partition coefficient (Wildman–Crippen LogP) is 2.97. The number of nitrogens with zero attached hydrogens (tertiary/aromatic N) is 2. The summed E-state index contributed by atoms with van der Waals surface area (Å²) in [6.45, 7) is 6.21. The molecular formula is C20H30N2O4S. The van der Waals surface area contributed by atoms with Gasteiger partial charge in [-0.2, -0.15) is 4.31 Å². The topological polar surface area (TPSA) is 59.1 Å². The van der Waals surface area contributed by atoms with Gasteiger partial charge in [0, 0.05) is 56.9 Å². The highest BCUT2D eigenvalue weighted by atomic mass is 32.2. The first-order valence-electron chi connectivity index (χ1n) is 9.28. The third-order valence-electron chi connectivity index (χ3n) is 4.34. The Hall–Kier alpha value is -1.67. The summed E-state index contributed by atoms with van der Waals surface area (Å²) in [5.41, 5.74) is 0.986. The highest BCUT2D eigenvalue weighted by Crippen LogP contribution is 2.31. The van der Waals surface area contributed by atoms with E-state index in [4.69, 9.17) is 9.47 Å². The second-order valence-corrected chi connectivity index (χ2v) is 8.23. The van der Waals surface area contributed by atoms with Crippen LogP contribution in [0.4, 0.5) is 5.69 Å². The van der Waals surface area contributed by atoms with E-state index in [2.05, 4.69) is 0 Å². The standard InChI is InChI=1S/C20H30N2O4S/c1-5-25-15-13-22(14-16-26-6-2)27(23,24)20-12-8-9-17-18(20)10-7-11-19(17)21(3)4/h7-12H,5-6,13-16H2,1-4H3. The first kappa shape index (κ1) is 21.6. The Balaban J connectivity index is 2.46. The molecular weight excluding hydrogens is 364 g/mol. The number of ether oxygens (including phenoxy) is 2. The molecule has 0 saturated heterocycles. The summed E-state index contributed by atoms with van der Waals surface area (Å²) >= 11 is 0. The van der Waals surface area contributed by atoms with Gasteiger partial charge < -0.3 is 14.4 Å². The Kier molecular flexibility index (Phi) is 8.04. The first-order chi connectivity index (χ1) is 12.9. The fourth-order valence-corrected chi connectivity index (χ4v) is 4.61. The van der Waals surface area contributed by atoms with Crippen LogP contribution in [0.5, 0.6) is 0 Å². The van der Waals surface area contributed by atoms with E-state index in [1.807, 2.05) is 57.1 Å². The largest absolute Gasteiger partial charge is 0.380 e. The maximum absolute atomic E-state index is 13.4. The zero-order valence-corrected chi connectivity index (χ0v) is 17.5. The Morgan fingerprint density at radius 2 is 1.41 bits per heavy atom. The molecule has 7 heteroatoms. The number of benzene rings is 2. The number of sulfonamides is 1. The summed E-state index contributed by atoms with van der Waals surface area (Å²) in [6, 6.07) is 11.2. The van der Waals surface area contributed by atoms with Crippen molar-refractivity contribution < 1.29 is 17.9 Å². The van der Waals surface area contributed by atoms with Crippen LogP contribution in [0.15, 0.2) is 41.3 Å². The van der Waals surface area contributed by atoms with Crippen LogP contribution >= 0.6 is 0 Å². The third-order valence-corrected chi connectivity index (χ3v) is 6.29. The summed E-state index contributed by atoms with van der Waals surface area (Å²) in [5.74, 6) is 0. The molecule has 27 heavy (non-hydrogen) atoms. The van der Waals surface area contributed by atoms with Crippen molar-refractivity contribution in [2.45, 2.75) is 18.7 Å². The van der Waals surface area contributed by atoms with Gasteiger partial charge in [-0.15, -0.1) is 0 Å². The monoisotopic (exact) mass is 394 g/mol. The fraction of sp³-hybridized carbons (Fsp3) is 0.500. The van der Waals surface area contributed by atoms with E-state index in [-0.39, 0.29) is 0 Å². The van der Waals surface area contributed by atoms with Crippen molar-refractivity contribution >= 4 is 26.5 Å². The van der Waals surface area contributed by atoms with E-state index >= 15 is 0 Å². The van der Waals surface area contributed by atoms with E-state index in [0.717, 1.165) is 16.5 Å². The van der Waals surface area contributed by atoms with E-state index in [1.165, 1.54) is 4.31 Å². The zero-order valence-electron chi connectivity index (χ0n) is 16.6. The molecule has 2 aromatic rings. The van der Waals surface area contributed by atoms with Crippen LogP contribution in [0.3, 0.4) is 0 Å². The van der Waals surface area contributed by atoms with Gasteiger partial charge in [-0.25, -0.2) is 8.42 Å². The molecule has 0 atom stereocenters. The van der Waals surface area contributed by atoms with Crippen LogP contribution in [0.25, 0.3) is 10.8 Å². The summed E-state index contributed by atoms with van der Waals surface area (Å²) in [6.07, 6.45) is 0. The summed E-state index contributed by atoms with van der Waals surface area (Å²) in [5, 5.41) is 1.64. The van der Waals surface area contributed by atoms with Gasteiger partial charge in [0.15, 0.2) is 0 Å². The van der Waals surface area contributed by atoms with Crippen LogP contribution in [-0.2, 0) is 19.5 Å². The molecule has 0 spiro atoms. The molecule has 0 fully saturated rings. The number of hydrogen-bond donors (Lipinski definition) is 0. The van der Waals surface area contributed by atoms with Crippen molar-refractivity contribution in [3.05, 3.63) is 36.4 Å². The van der Waals surface area contributed by atoms with E-state index in [1.54, 1.807) is 12.1 Å². The van der Waals surface area contributed by atoms with Gasteiger partial charge in [0.25, 0.3) is 0 Å². The van der Waals surface area contributed by atoms with Crippen LogP contribution in [0.2, 0.25) is 0 Å². The van der Waals surface area contributed by atoms with Crippen molar-refractivity contribution in [3.8, 4) is 0 Å². The molecule has 6 nitrogen and oxygen atoms in total. The third kappa shape index (κ3) is 5.19. The molecule has 0 saturated carbocycles. The zero-order chi connectivity index (χ0) is 19.9.